The summed E-state index contributed by atoms with van der Waals surface area (Å²) in [7, 11) is 0. The number of nitriles is 1. The minimum absolute atomic E-state index is 0.0313. The highest BCUT2D eigenvalue weighted by Crippen LogP contribution is 2.36. The molecule has 9 nitrogen and oxygen atoms in total. The molecule has 3 aromatic rings. The van der Waals surface area contributed by atoms with Crippen LogP contribution in [0.25, 0.3) is 11.2 Å². The number of hydrogen-bond acceptors (Lipinski definition) is 8. The van der Waals surface area contributed by atoms with Gasteiger partial charge in [-0.05, 0) is 13.0 Å². The summed E-state index contributed by atoms with van der Waals surface area (Å²) in [5, 5.41) is 42.3. The predicted octanol–water partition coefficient (Wildman–Crippen LogP) is 1.88. The van der Waals surface area contributed by atoms with Crippen LogP contribution in [0, 0.1) is 17.1 Å². The second-order valence-electron chi connectivity index (χ2n) is 7.20. The molecule has 162 valence electrons. The second kappa shape index (κ2) is 8.37. The third kappa shape index (κ3) is 3.60. The number of aliphatic hydroxyl groups is 3. The molecular formula is C20H19ClFN5O4. The van der Waals surface area contributed by atoms with E-state index in [1.165, 1.54) is 17.0 Å². The Morgan fingerprint density at radius 1 is 1.35 bits per heavy atom. The predicted molar refractivity (Wildman–Crippen MR) is 109 cm³/mol. The van der Waals surface area contributed by atoms with Gasteiger partial charge in [0.15, 0.2) is 17.0 Å². The van der Waals surface area contributed by atoms with Crippen LogP contribution >= 0.6 is 11.6 Å². The maximum atomic E-state index is 14.2. The smallest absolute Gasteiger partial charge is 0.165 e. The highest BCUT2D eigenvalue weighted by molar-refractivity contribution is 6.31. The van der Waals surface area contributed by atoms with E-state index in [9.17, 15) is 25.0 Å². The second-order valence-corrected chi connectivity index (χ2v) is 7.56. The number of aliphatic hydroxyl groups excluding tert-OH is 3. The zero-order valence-corrected chi connectivity index (χ0v) is 17.0. The fourth-order valence-corrected chi connectivity index (χ4v) is 3.89. The average molecular weight is 448 g/mol. The largest absolute Gasteiger partial charge is 0.394 e. The van der Waals surface area contributed by atoms with Crippen molar-refractivity contribution in [1.29, 1.82) is 5.26 Å². The maximum Gasteiger partial charge on any atom is 0.165 e. The van der Waals surface area contributed by atoms with Crippen molar-refractivity contribution in [3.8, 4) is 6.07 Å². The number of aromatic nitrogens is 3. The van der Waals surface area contributed by atoms with Crippen molar-refractivity contribution < 1.29 is 24.4 Å². The molecule has 0 bridgehead atoms. The van der Waals surface area contributed by atoms with Crippen molar-refractivity contribution in [2.45, 2.75) is 37.5 Å². The Morgan fingerprint density at radius 3 is 2.74 bits per heavy atom. The molecule has 1 fully saturated rings. The molecule has 1 aromatic carbocycles. The molecule has 5 atom stereocenters. The summed E-state index contributed by atoms with van der Waals surface area (Å²) in [6, 6.07) is 7.69. The number of fused-ring (bicyclic) bond motifs is 1. The summed E-state index contributed by atoms with van der Waals surface area (Å²) in [5.74, 6) is -0.408. The van der Waals surface area contributed by atoms with Crippen LogP contribution in [0.5, 0.6) is 0 Å². The van der Waals surface area contributed by atoms with E-state index < -0.39 is 43.0 Å². The van der Waals surface area contributed by atoms with Gasteiger partial charge in [0.2, 0.25) is 0 Å². The van der Waals surface area contributed by atoms with E-state index in [2.05, 4.69) is 15.3 Å². The first kappa shape index (κ1) is 21.4. The molecule has 4 N–H and O–H groups in total. The van der Waals surface area contributed by atoms with E-state index in [4.69, 9.17) is 16.3 Å². The summed E-state index contributed by atoms with van der Waals surface area (Å²) >= 11 is 6.24. The van der Waals surface area contributed by atoms with Gasteiger partial charge in [0.25, 0.3) is 0 Å². The lowest BCUT2D eigenvalue weighted by Crippen LogP contribution is -2.33. The lowest BCUT2D eigenvalue weighted by molar-refractivity contribution is -0.0511. The van der Waals surface area contributed by atoms with Gasteiger partial charge in [0.1, 0.15) is 41.3 Å². The van der Waals surface area contributed by atoms with Crippen LogP contribution in [0.4, 0.5) is 10.1 Å². The number of anilines is 1. The zero-order chi connectivity index (χ0) is 22.3. The Labute approximate surface area is 181 Å². The minimum atomic E-state index is -1.35. The monoisotopic (exact) mass is 447 g/mol. The summed E-state index contributed by atoms with van der Waals surface area (Å²) in [4.78, 5) is 8.51. The van der Waals surface area contributed by atoms with Crippen molar-refractivity contribution in [3.05, 3.63) is 52.7 Å². The van der Waals surface area contributed by atoms with Gasteiger partial charge >= 0.3 is 0 Å². The van der Waals surface area contributed by atoms with E-state index >= 15 is 0 Å². The molecule has 0 radical (unpaired) electrons. The van der Waals surface area contributed by atoms with Crippen molar-refractivity contribution in [2.24, 2.45) is 0 Å². The van der Waals surface area contributed by atoms with Gasteiger partial charge in [-0.25, -0.2) is 14.4 Å². The number of imidazole rings is 1. The third-order valence-corrected chi connectivity index (χ3v) is 5.57. The molecule has 0 unspecified atom stereocenters. The number of benzene rings is 1. The van der Waals surface area contributed by atoms with Crippen molar-refractivity contribution in [3.63, 3.8) is 0 Å². The first-order valence-electron chi connectivity index (χ1n) is 9.46. The molecule has 31 heavy (non-hydrogen) atoms. The van der Waals surface area contributed by atoms with Gasteiger partial charge in [-0.2, -0.15) is 5.26 Å². The van der Waals surface area contributed by atoms with E-state index in [1.54, 1.807) is 25.1 Å². The van der Waals surface area contributed by atoms with Crippen molar-refractivity contribution >= 4 is 28.5 Å². The standard InChI is InChI=1S/C20H19ClFN5O4/c1-9(10-4-2-3-5-12(10)22)25-14-11(6-23)18(21)26-19-15(14)24-8-27(19)20-17(30)16(29)13(7-28)31-20/h2-5,8-9,13,16-17,20,28-30H,7H2,1H3,(H,25,26)/t9-,13-,16-,17-,20-/m1/s1. The highest BCUT2D eigenvalue weighted by Gasteiger charge is 2.44. The lowest BCUT2D eigenvalue weighted by atomic mass is 10.1. The normalized spacial score (nSPS) is 24.3. The fraction of sp³-hybridized carbons (Fsp3) is 0.350. The Bertz CT molecular complexity index is 1170. The van der Waals surface area contributed by atoms with Gasteiger partial charge in [-0.15, -0.1) is 0 Å². The SMILES string of the molecule is C[C@@H](Nc1c(C#N)c(Cl)nc2c1ncn2[C@@H]1O[C@H](CO)[C@@H](O)[C@H]1O)c1ccccc1F. The summed E-state index contributed by atoms with van der Waals surface area (Å²) in [5.41, 5.74) is 1.10. The molecule has 2 aromatic heterocycles. The van der Waals surface area contributed by atoms with Gasteiger partial charge in [-0.1, -0.05) is 29.8 Å². The molecule has 0 amide bonds. The van der Waals surface area contributed by atoms with Crippen LogP contribution in [0.15, 0.2) is 30.6 Å². The Morgan fingerprint density at radius 2 is 2.10 bits per heavy atom. The molecule has 0 saturated carbocycles. The molecule has 1 saturated heterocycles. The van der Waals surface area contributed by atoms with Crippen LogP contribution in [0.3, 0.4) is 0 Å². The van der Waals surface area contributed by atoms with Crippen LogP contribution < -0.4 is 5.32 Å². The van der Waals surface area contributed by atoms with E-state index in [0.29, 0.717) is 5.56 Å². The van der Waals surface area contributed by atoms with Crippen LogP contribution in [0.1, 0.15) is 30.3 Å². The van der Waals surface area contributed by atoms with Crippen LogP contribution in [-0.4, -0.2) is 54.8 Å². The average Bonchev–Trinajstić information content (AvgIpc) is 3.29. The van der Waals surface area contributed by atoms with Gasteiger partial charge in [0, 0.05) is 5.56 Å². The summed E-state index contributed by atoms with van der Waals surface area (Å²) < 4.78 is 21.1. The van der Waals surface area contributed by atoms with E-state index in [0.717, 1.165) is 0 Å². The Balaban J connectivity index is 1.79. The van der Waals surface area contributed by atoms with Gasteiger partial charge in [-0.3, -0.25) is 4.57 Å². The fourth-order valence-electron chi connectivity index (χ4n) is 3.67. The number of nitrogens with zero attached hydrogens (tertiary/aromatic N) is 4. The Hall–Kier alpha value is -2.81. The Kier molecular flexibility index (Phi) is 5.79. The van der Waals surface area contributed by atoms with E-state index in [1.807, 2.05) is 6.07 Å². The number of pyridine rings is 1. The van der Waals surface area contributed by atoms with Gasteiger partial charge < -0.3 is 25.4 Å². The van der Waals surface area contributed by atoms with Crippen molar-refractivity contribution in [1.82, 2.24) is 14.5 Å². The molecule has 4 rings (SSSR count). The molecule has 1 aliphatic rings. The maximum absolute atomic E-state index is 14.2. The lowest BCUT2D eigenvalue weighted by Gasteiger charge is -2.19. The molecule has 0 aliphatic carbocycles. The van der Waals surface area contributed by atoms with Crippen LogP contribution in [-0.2, 0) is 4.74 Å². The number of ether oxygens (including phenoxy) is 1. The number of nitrogens with one attached hydrogen (secondary N) is 1. The molecule has 11 heteroatoms. The number of rotatable bonds is 5. The summed E-state index contributed by atoms with van der Waals surface area (Å²) in [6.07, 6.45) is -3.39. The van der Waals surface area contributed by atoms with Gasteiger partial charge in [0.05, 0.1) is 24.7 Å². The van der Waals surface area contributed by atoms with E-state index in [-0.39, 0.29) is 27.6 Å². The summed E-state index contributed by atoms with van der Waals surface area (Å²) in [6.45, 7) is 1.24. The molecule has 3 heterocycles. The first-order valence-corrected chi connectivity index (χ1v) is 9.84. The number of halogens is 2. The molecule has 1 aliphatic heterocycles. The minimum Gasteiger partial charge on any atom is -0.394 e. The molecule has 0 spiro atoms. The quantitative estimate of drug-likeness (QED) is 0.435. The zero-order valence-electron chi connectivity index (χ0n) is 16.3. The van der Waals surface area contributed by atoms with Crippen LogP contribution in [0.2, 0.25) is 5.15 Å². The van der Waals surface area contributed by atoms with Crippen molar-refractivity contribution in [2.75, 3.05) is 11.9 Å². The number of hydrogen-bond donors (Lipinski definition) is 4. The topological polar surface area (TPSA) is 136 Å². The molecular weight excluding hydrogens is 429 g/mol. The highest BCUT2D eigenvalue weighted by atomic mass is 35.5. The first-order chi connectivity index (χ1) is 14.9. The third-order valence-electron chi connectivity index (χ3n) is 5.30.